The molecule has 1 aliphatic carbocycles. The Morgan fingerprint density at radius 2 is 1.76 bits per heavy atom. The number of hydrogen-bond donors (Lipinski definition) is 3. The zero-order valence-corrected chi connectivity index (χ0v) is 29.3. The molecule has 0 bridgehead atoms. The number of aliphatic hydroxyl groups is 2. The Morgan fingerprint density at radius 3 is 2.45 bits per heavy atom. The van der Waals surface area contributed by atoms with Crippen molar-refractivity contribution in [2.45, 2.75) is 58.3 Å². The molecule has 0 amide bonds. The molecule has 1 saturated carbocycles. The molecular formula is C35H42NO5Tl. The van der Waals surface area contributed by atoms with Crippen LogP contribution in [0.2, 0.25) is 0 Å². The summed E-state index contributed by atoms with van der Waals surface area (Å²) in [5.74, 6) is 2.06. The summed E-state index contributed by atoms with van der Waals surface area (Å²) < 4.78 is 13.0. The van der Waals surface area contributed by atoms with Gasteiger partial charge in [0.15, 0.2) is 0 Å². The van der Waals surface area contributed by atoms with E-state index in [1.807, 2.05) is 30.3 Å². The van der Waals surface area contributed by atoms with Gasteiger partial charge in [-0.15, -0.1) is 0 Å². The van der Waals surface area contributed by atoms with E-state index >= 15 is 0 Å². The fraction of sp³-hybridized carbons (Fsp3) is 0.400. The summed E-state index contributed by atoms with van der Waals surface area (Å²) in [6.07, 6.45) is 6.52. The van der Waals surface area contributed by atoms with E-state index < -0.39 is 5.97 Å². The second-order valence-electron chi connectivity index (χ2n) is 11.3. The Kier molecular flexibility index (Phi) is 12.0. The Labute approximate surface area is 265 Å². The van der Waals surface area contributed by atoms with Crippen molar-refractivity contribution in [2.24, 2.45) is 5.92 Å². The minimum atomic E-state index is -0.480. The first-order chi connectivity index (χ1) is 20.3. The molecule has 0 radical (unpaired) electrons. The van der Waals surface area contributed by atoms with Crippen LogP contribution in [0, 0.1) is 5.92 Å². The first kappa shape index (κ1) is 32.2. The number of anilines is 1. The third-order valence-electron chi connectivity index (χ3n) is 7.92. The average molecular weight is 761 g/mol. The van der Waals surface area contributed by atoms with Gasteiger partial charge in [0.05, 0.1) is 0 Å². The van der Waals surface area contributed by atoms with E-state index in [2.05, 4.69) is 43.1 Å². The molecule has 7 heteroatoms. The zero-order chi connectivity index (χ0) is 30.1. The molecule has 0 aliphatic heterocycles. The van der Waals surface area contributed by atoms with Gasteiger partial charge in [-0.2, -0.15) is 0 Å². The van der Waals surface area contributed by atoms with Crippen molar-refractivity contribution in [3.05, 3.63) is 72.3 Å². The van der Waals surface area contributed by atoms with Crippen LogP contribution >= 0.6 is 0 Å². The summed E-state index contributed by atoms with van der Waals surface area (Å²) in [6.45, 7) is 8.64. The SMILES string of the molecule is C=C(C)C(=O)Oc1cc(-c2ccc(C3CCC(C)CC3)c[c]2[Tl])cc(-c2cccc(OCCO)c2)c1NCCCCO. The van der Waals surface area contributed by atoms with Crippen molar-refractivity contribution in [1.29, 1.82) is 0 Å². The predicted octanol–water partition coefficient (Wildman–Crippen LogP) is 6.15. The van der Waals surface area contributed by atoms with Gasteiger partial charge < -0.3 is 0 Å². The van der Waals surface area contributed by atoms with Gasteiger partial charge in [0.1, 0.15) is 0 Å². The summed E-state index contributed by atoms with van der Waals surface area (Å²) in [4.78, 5) is 12.8. The monoisotopic (exact) mass is 761 g/mol. The molecule has 0 spiro atoms. The molecular weight excluding hydrogens is 719 g/mol. The molecule has 3 aromatic carbocycles. The van der Waals surface area contributed by atoms with Crippen molar-refractivity contribution in [1.82, 2.24) is 0 Å². The number of rotatable bonds is 13. The van der Waals surface area contributed by atoms with E-state index in [1.165, 1.54) is 34.4 Å². The Bertz CT molecular complexity index is 1380. The van der Waals surface area contributed by atoms with Crippen LogP contribution in [0.3, 0.4) is 0 Å². The topological polar surface area (TPSA) is 88.0 Å². The Morgan fingerprint density at radius 1 is 0.976 bits per heavy atom. The van der Waals surface area contributed by atoms with Crippen LogP contribution in [0.25, 0.3) is 22.3 Å². The van der Waals surface area contributed by atoms with E-state index in [-0.39, 0.29) is 19.8 Å². The van der Waals surface area contributed by atoms with Gasteiger partial charge in [-0.25, -0.2) is 0 Å². The van der Waals surface area contributed by atoms with Gasteiger partial charge in [0.25, 0.3) is 0 Å². The second kappa shape index (κ2) is 15.7. The molecule has 0 saturated heterocycles. The van der Waals surface area contributed by atoms with Gasteiger partial charge in [-0.1, -0.05) is 0 Å². The number of carbonyl (C=O) groups excluding carboxylic acids is 1. The fourth-order valence-corrected chi connectivity index (χ4v) is 7.28. The number of hydrogen-bond acceptors (Lipinski definition) is 6. The molecule has 0 heterocycles. The first-order valence-electron chi connectivity index (χ1n) is 14.9. The van der Waals surface area contributed by atoms with Crippen LogP contribution in [-0.4, -0.2) is 68.3 Å². The molecule has 6 nitrogen and oxygen atoms in total. The van der Waals surface area contributed by atoms with E-state index in [4.69, 9.17) is 9.47 Å². The third kappa shape index (κ3) is 8.45. The maximum absolute atomic E-state index is 12.8. The van der Waals surface area contributed by atoms with Crippen LogP contribution in [0.15, 0.2) is 66.7 Å². The number of carbonyl (C=O) groups is 1. The number of benzene rings is 3. The summed E-state index contributed by atoms with van der Waals surface area (Å²) in [6, 6.07) is 18.7. The predicted molar refractivity (Wildman–Crippen MR) is 171 cm³/mol. The average Bonchev–Trinajstić information content (AvgIpc) is 2.99. The summed E-state index contributed by atoms with van der Waals surface area (Å²) in [7, 11) is 0. The number of unbranched alkanes of at least 4 members (excludes halogenated alkanes) is 1. The Hall–Kier alpha value is -2.69. The maximum atomic E-state index is 12.8. The van der Waals surface area contributed by atoms with Crippen molar-refractivity contribution >= 4 is 40.5 Å². The van der Waals surface area contributed by atoms with Crippen LogP contribution in [0.1, 0.15) is 63.9 Å². The molecule has 1 aliphatic rings. The molecule has 3 N–H and O–H groups in total. The van der Waals surface area contributed by atoms with Crippen molar-refractivity contribution < 1.29 is 24.5 Å². The van der Waals surface area contributed by atoms with Gasteiger partial charge >= 0.3 is 267 Å². The van der Waals surface area contributed by atoms with Gasteiger partial charge in [-0.05, 0) is 0 Å². The molecule has 0 unspecified atom stereocenters. The molecule has 4 rings (SSSR count). The quantitative estimate of drug-likeness (QED) is 0.0638. The molecule has 220 valence electrons. The van der Waals surface area contributed by atoms with E-state index in [9.17, 15) is 15.0 Å². The first-order valence-corrected chi connectivity index (χ1v) is 17.2. The minimum absolute atomic E-state index is 0.0712. The van der Waals surface area contributed by atoms with E-state index in [1.54, 1.807) is 6.92 Å². The molecule has 0 atom stereocenters. The normalized spacial score (nSPS) is 16.5. The fourth-order valence-electron chi connectivity index (χ4n) is 5.51. The van der Waals surface area contributed by atoms with Crippen LogP contribution in [-0.2, 0) is 4.79 Å². The second-order valence-corrected chi connectivity index (χ2v) is 13.7. The standard InChI is InChI=1S/C35H42NO5.Tl/c1-24(2)35(39)41-33-23-30(28-15-13-27(14-16-28)26-11-9-25(3)10-12-26)22-32(34(33)36-17-4-5-18-37)29-7-6-8-31(21-29)40-20-19-38;/h6-8,13-15,21-23,25-26,36-38H,1,4-5,9-12,17-20H2,2-3H3;. The van der Waals surface area contributed by atoms with Crippen molar-refractivity contribution in [3.63, 3.8) is 0 Å². The van der Waals surface area contributed by atoms with E-state index in [0.29, 0.717) is 67.4 Å². The van der Waals surface area contributed by atoms with Gasteiger partial charge in [0, 0.05) is 0 Å². The summed E-state index contributed by atoms with van der Waals surface area (Å²) in [5.41, 5.74) is 6.38. The van der Waals surface area contributed by atoms with Crippen molar-refractivity contribution in [3.8, 4) is 33.8 Å². The molecule has 3 aromatic rings. The van der Waals surface area contributed by atoms with Gasteiger partial charge in [0.2, 0.25) is 0 Å². The number of ether oxygens (including phenoxy) is 2. The van der Waals surface area contributed by atoms with Crippen LogP contribution in [0.4, 0.5) is 5.69 Å². The number of nitrogens with one attached hydrogen (secondary N) is 1. The third-order valence-corrected chi connectivity index (χ3v) is 9.78. The Balaban J connectivity index is 1.82. The van der Waals surface area contributed by atoms with Crippen molar-refractivity contribution in [2.75, 3.05) is 31.7 Å². The number of aliphatic hydroxyl groups excluding tert-OH is 2. The van der Waals surface area contributed by atoms with E-state index in [0.717, 1.165) is 34.6 Å². The summed E-state index contributed by atoms with van der Waals surface area (Å²) >= 11 is 0.629. The van der Waals surface area contributed by atoms with Crippen LogP contribution in [0.5, 0.6) is 11.5 Å². The molecule has 42 heavy (non-hydrogen) atoms. The molecule has 0 aromatic heterocycles. The number of esters is 1. The van der Waals surface area contributed by atoms with Crippen LogP contribution < -0.4 is 17.9 Å². The molecule has 1 fully saturated rings. The zero-order valence-electron chi connectivity index (χ0n) is 24.8. The summed E-state index contributed by atoms with van der Waals surface area (Å²) in [5, 5.41) is 22.0. The van der Waals surface area contributed by atoms with Gasteiger partial charge in [-0.3, -0.25) is 0 Å².